The maximum absolute atomic E-state index is 10.8. The van der Waals surface area contributed by atoms with Gasteiger partial charge in [0.25, 0.3) is 0 Å². The Hall–Kier alpha value is -2.39. The summed E-state index contributed by atoms with van der Waals surface area (Å²) in [7, 11) is 0. The van der Waals surface area contributed by atoms with Crippen LogP contribution in [0, 0.1) is 5.92 Å². The Morgan fingerprint density at radius 2 is 2.00 bits per heavy atom. The first kappa shape index (κ1) is 18.0. The quantitative estimate of drug-likeness (QED) is 0.621. The normalized spacial score (nSPS) is 19.0. The Morgan fingerprint density at radius 3 is 2.89 bits per heavy atom. The van der Waals surface area contributed by atoms with E-state index in [0.29, 0.717) is 12.5 Å². The molecule has 0 bridgehead atoms. The van der Waals surface area contributed by atoms with Crippen molar-refractivity contribution >= 4 is 10.9 Å². The molecule has 0 saturated carbocycles. The molecule has 0 amide bonds. The van der Waals surface area contributed by atoms with Gasteiger partial charge in [0.15, 0.2) is 0 Å². The molecule has 1 heterocycles. The molecule has 3 nitrogen and oxygen atoms in total. The van der Waals surface area contributed by atoms with Crippen molar-refractivity contribution in [1.29, 1.82) is 0 Å². The number of aliphatic hydroxyl groups excluding tert-OH is 1. The Kier molecular flexibility index (Phi) is 5.40. The van der Waals surface area contributed by atoms with Gasteiger partial charge in [-0.25, -0.2) is 4.98 Å². The van der Waals surface area contributed by atoms with Crippen LogP contribution in [0.3, 0.4) is 0 Å². The Labute approximate surface area is 161 Å². The van der Waals surface area contributed by atoms with Crippen molar-refractivity contribution in [2.24, 2.45) is 5.92 Å². The van der Waals surface area contributed by atoms with E-state index in [9.17, 15) is 5.11 Å². The predicted octanol–water partition coefficient (Wildman–Crippen LogP) is 5.60. The van der Waals surface area contributed by atoms with E-state index in [-0.39, 0.29) is 6.10 Å². The number of hydrogen-bond acceptors (Lipinski definition) is 3. The van der Waals surface area contributed by atoms with Gasteiger partial charge in [-0.2, -0.15) is 0 Å². The van der Waals surface area contributed by atoms with Crippen molar-refractivity contribution in [3.8, 4) is 5.75 Å². The number of aliphatic hydroxyl groups is 1. The van der Waals surface area contributed by atoms with Crippen molar-refractivity contribution in [1.82, 2.24) is 4.98 Å². The van der Waals surface area contributed by atoms with E-state index in [4.69, 9.17) is 4.74 Å². The molecule has 0 spiro atoms. The highest BCUT2D eigenvalue weighted by molar-refractivity contribution is 5.78. The highest BCUT2D eigenvalue weighted by atomic mass is 16.5. The van der Waals surface area contributed by atoms with Crippen molar-refractivity contribution in [3.05, 3.63) is 71.4 Å². The lowest BCUT2D eigenvalue weighted by atomic mass is 9.79. The van der Waals surface area contributed by atoms with Crippen LogP contribution in [0.1, 0.15) is 55.5 Å². The minimum Gasteiger partial charge on any atom is -0.487 e. The first-order chi connectivity index (χ1) is 13.2. The molecule has 4 rings (SSSR count). The zero-order valence-corrected chi connectivity index (χ0v) is 15.9. The van der Waals surface area contributed by atoms with E-state index in [1.165, 1.54) is 18.4 Å². The standard InChI is InChI=1S/C24H27NO2/c1-2-3-6-19-10-9-17-12-14-21(15-22(17)24(19)26)27-16-20-13-11-18-7-4-5-8-23(18)25-20/h4-5,7-8,11-15,19,24,26H,2-3,6,9-10,16H2,1H3/t19-,24+/m1/s1. The van der Waals surface area contributed by atoms with Crippen LogP contribution in [0.15, 0.2) is 54.6 Å². The molecular weight excluding hydrogens is 334 g/mol. The molecular formula is C24H27NO2. The van der Waals surface area contributed by atoms with Crippen LogP contribution in [0.4, 0.5) is 0 Å². The van der Waals surface area contributed by atoms with Crippen LogP contribution in [0.5, 0.6) is 5.75 Å². The molecule has 27 heavy (non-hydrogen) atoms. The molecule has 1 N–H and O–H groups in total. The van der Waals surface area contributed by atoms with Crippen LogP contribution in [0.2, 0.25) is 0 Å². The number of aromatic nitrogens is 1. The number of nitrogens with zero attached hydrogens (tertiary/aromatic N) is 1. The van der Waals surface area contributed by atoms with E-state index in [1.807, 2.05) is 36.4 Å². The molecule has 0 fully saturated rings. The minimum atomic E-state index is -0.373. The van der Waals surface area contributed by atoms with Gasteiger partial charge in [-0.05, 0) is 60.6 Å². The zero-order valence-electron chi connectivity index (χ0n) is 15.9. The summed E-state index contributed by atoms with van der Waals surface area (Å²) in [5.41, 5.74) is 4.20. The van der Waals surface area contributed by atoms with Crippen LogP contribution in [-0.2, 0) is 13.0 Å². The molecule has 3 aromatic rings. The first-order valence-electron chi connectivity index (χ1n) is 10.0. The second kappa shape index (κ2) is 8.10. The van der Waals surface area contributed by atoms with Gasteiger partial charge in [-0.3, -0.25) is 0 Å². The molecule has 1 aliphatic carbocycles. The van der Waals surface area contributed by atoms with Crippen molar-refractivity contribution in [3.63, 3.8) is 0 Å². The second-order valence-corrected chi connectivity index (χ2v) is 7.53. The second-order valence-electron chi connectivity index (χ2n) is 7.53. The predicted molar refractivity (Wildman–Crippen MR) is 109 cm³/mol. The third kappa shape index (κ3) is 3.98. The van der Waals surface area contributed by atoms with Gasteiger partial charge in [0, 0.05) is 5.39 Å². The molecule has 1 aliphatic rings. The molecule has 140 valence electrons. The lowest BCUT2D eigenvalue weighted by molar-refractivity contribution is 0.0868. The van der Waals surface area contributed by atoms with Gasteiger partial charge < -0.3 is 9.84 Å². The summed E-state index contributed by atoms with van der Waals surface area (Å²) in [6.07, 6.45) is 5.22. The maximum Gasteiger partial charge on any atom is 0.130 e. The zero-order chi connectivity index (χ0) is 18.6. The first-order valence-corrected chi connectivity index (χ1v) is 10.0. The highest BCUT2D eigenvalue weighted by Gasteiger charge is 2.27. The van der Waals surface area contributed by atoms with Gasteiger partial charge in [-0.15, -0.1) is 0 Å². The smallest absolute Gasteiger partial charge is 0.130 e. The molecule has 2 aromatic carbocycles. The average molecular weight is 361 g/mol. The molecule has 0 saturated heterocycles. The Bertz CT molecular complexity index is 921. The lowest BCUT2D eigenvalue weighted by Crippen LogP contribution is -2.20. The molecule has 2 atom stereocenters. The van der Waals surface area contributed by atoms with Crippen molar-refractivity contribution in [2.45, 2.75) is 51.7 Å². The number of hydrogen-bond donors (Lipinski definition) is 1. The van der Waals surface area contributed by atoms with Gasteiger partial charge in [0.05, 0.1) is 17.3 Å². The van der Waals surface area contributed by atoms with E-state index in [2.05, 4.69) is 30.1 Å². The molecule has 0 aliphatic heterocycles. The Morgan fingerprint density at radius 1 is 1.11 bits per heavy atom. The minimum absolute atomic E-state index is 0.370. The largest absolute Gasteiger partial charge is 0.487 e. The summed E-state index contributed by atoms with van der Waals surface area (Å²) < 4.78 is 6.00. The number of aryl methyl sites for hydroxylation is 1. The number of para-hydroxylation sites is 1. The number of ether oxygens (including phenoxy) is 1. The monoisotopic (exact) mass is 361 g/mol. The SMILES string of the molecule is CCCC[C@@H]1CCc2ccc(OCc3ccc4ccccc4n3)cc2[C@H]1O. The molecule has 3 heteroatoms. The third-order valence-electron chi connectivity index (χ3n) is 5.64. The number of benzene rings is 2. The van der Waals surface area contributed by atoms with E-state index in [1.54, 1.807) is 0 Å². The fourth-order valence-corrected chi connectivity index (χ4v) is 4.03. The topological polar surface area (TPSA) is 42.4 Å². The number of fused-ring (bicyclic) bond motifs is 2. The Balaban J connectivity index is 1.47. The number of pyridine rings is 1. The number of rotatable bonds is 6. The van der Waals surface area contributed by atoms with E-state index < -0.39 is 0 Å². The molecule has 0 radical (unpaired) electrons. The average Bonchev–Trinajstić information content (AvgIpc) is 2.72. The summed E-state index contributed by atoms with van der Waals surface area (Å²) in [5.74, 6) is 1.17. The molecule has 0 unspecified atom stereocenters. The van der Waals surface area contributed by atoms with Gasteiger partial charge >= 0.3 is 0 Å². The van der Waals surface area contributed by atoms with Gasteiger partial charge in [0.2, 0.25) is 0 Å². The fourth-order valence-electron chi connectivity index (χ4n) is 4.03. The van der Waals surface area contributed by atoms with E-state index in [0.717, 1.165) is 47.2 Å². The van der Waals surface area contributed by atoms with E-state index >= 15 is 0 Å². The number of unbranched alkanes of at least 4 members (excludes halogenated alkanes) is 1. The maximum atomic E-state index is 10.8. The summed E-state index contributed by atoms with van der Waals surface area (Å²) in [6.45, 7) is 2.63. The van der Waals surface area contributed by atoms with Crippen LogP contribution in [-0.4, -0.2) is 10.1 Å². The summed E-state index contributed by atoms with van der Waals surface area (Å²) >= 11 is 0. The van der Waals surface area contributed by atoms with Gasteiger partial charge in [0.1, 0.15) is 12.4 Å². The molecule has 1 aromatic heterocycles. The third-order valence-corrected chi connectivity index (χ3v) is 5.64. The van der Waals surface area contributed by atoms with Crippen molar-refractivity contribution in [2.75, 3.05) is 0 Å². The van der Waals surface area contributed by atoms with Crippen LogP contribution >= 0.6 is 0 Å². The van der Waals surface area contributed by atoms with Crippen molar-refractivity contribution < 1.29 is 9.84 Å². The van der Waals surface area contributed by atoms with Gasteiger partial charge in [-0.1, -0.05) is 50.1 Å². The fraction of sp³-hybridized carbons (Fsp3) is 0.375. The summed E-state index contributed by atoms with van der Waals surface area (Å²) in [4.78, 5) is 4.66. The summed E-state index contributed by atoms with van der Waals surface area (Å²) in [5, 5.41) is 11.9. The van der Waals surface area contributed by atoms with Crippen LogP contribution in [0.25, 0.3) is 10.9 Å². The summed E-state index contributed by atoms with van der Waals surface area (Å²) in [6, 6.07) is 18.3. The highest BCUT2D eigenvalue weighted by Crippen LogP contribution is 2.38. The lowest BCUT2D eigenvalue weighted by Gasteiger charge is -2.30. The van der Waals surface area contributed by atoms with Crippen LogP contribution < -0.4 is 4.74 Å².